The van der Waals surface area contributed by atoms with Crippen molar-refractivity contribution in [1.82, 2.24) is 14.5 Å². The fraction of sp³-hybridized carbons (Fsp3) is 0.231. The molecule has 94 valence electrons. The van der Waals surface area contributed by atoms with Crippen molar-refractivity contribution in [2.75, 3.05) is 14.1 Å². The Bertz CT molecular complexity index is 628. The number of allylic oxidation sites excluding steroid dienone is 1. The van der Waals surface area contributed by atoms with Gasteiger partial charge in [-0.2, -0.15) is 0 Å². The van der Waals surface area contributed by atoms with Crippen LogP contribution in [-0.2, 0) is 7.05 Å². The zero-order valence-electron chi connectivity index (χ0n) is 10.5. The van der Waals surface area contributed by atoms with Crippen LogP contribution in [0.1, 0.15) is 10.6 Å². The Morgan fingerprint density at radius 3 is 2.83 bits per heavy atom. The molecular formula is C13H14FN3O. The summed E-state index contributed by atoms with van der Waals surface area (Å²) < 4.78 is 14.7. The maximum Gasteiger partial charge on any atom is 0.222 e. The topological polar surface area (TPSA) is 38.1 Å². The third kappa shape index (κ3) is 2.25. The molecule has 0 aliphatic heterocycles. The van der Waals surface area contributed by atoms with Gasteiger partial charge >= 0.3 is 0 Å². The standard InChI is InChI=1S/C13H14FN3O/c1-16(2)7-6-12(18)13-15-10-8-9(14)4-5-11(10)17(13)3/h4-8H,1-3H3/b7-6+. The van der Waals surface area contributed by atoms with Crippen molar-refractivity contribution in [2.24, 2.45) is 7.05 Å². The first kappa shape index (κ1) is 12.3. The van der Waals surface area contributed by atoms with E-state index in [1.54, 1.807) is 28.8 Å². The van der Waals surface area contributed by atoms with Crippen LogP contribution in [0, 0.1) is 5.82 Å². The van der Waals surface area contributed by atoms with Crippen LogP contribution in [0.15, 0.2) is 30.5 Å². The molecule has 0 spiro atoms. The van der Waals surface area contributed by atoms with Crippen LogP contribution in [0.4, 0.5) is 4.39 Å². The highest BCUT2D eigenvalue weighted by atomic mass is 19.1. The lowest BCUT2D eigenvalue weighted by atomic mass is 10.3. The van der Waals surface area contributed by atoms with Crippen LogP contribution in [0.3, 0.4) is 0 Å². The quantitative estimate of drug-likeness (QED) is 0.615. The van der Waals surface area contributed by atoms with Gasteiger partial charge in [-0.15, -0.1) is 0 Å². The molecule has 0 unspecified atom stereocenters. The van der Waals surface area contributed by atoms with Crippen molar-refractivity contribution >= 4 is 16.8 Å². The smallest absolute Gasteiger partial charge is 0.222 e. The van der Waals surface area contributed by atoms with Gasteiger partial charge in [-0.05, 0) is 12.1 Å². The Labute approximate surface area is 104 Å². The second-order valence-corrected chi connectivity index (χ2v) is 4.27. The first-order chi connectivity index (χ1) is 8.49. The van der Waals surface area contributed by atoms with Crippen LogP contribution >= 0.6 is 0 Å². The van der Waals surface area contributed by atoms with E-state index in [9.17, 15) is 9.18 Å². The van der Waals surface area contributed by atoms with Crippen LogP contribution in [0.2, 0.25) is 0 Å². The number of hydrogen-bond acceptors (Lipinski definition) is 3. The van der Waals surface area contributed by atoms with Gasteiger partial charge in [-0.3, -0.25) is 4.79 Å². The molecule has 0 radical (unpaired) electrons. The van der Waals surface area contributed by atoms with Gasteiger partial charge in [-0.25, -0.2) is 9.37 Å². The van der Waals surface area contributed by atoms with E-state index in [0.29, 0.717) is 11.3 Å². The number of halogens is 1. The SMILES string of the molecule is CN(C)/C=C/C(=O)c1nc2cc(F)ccc2n1C. The summed E-state index contributed by atoms with van der Waals surface area (Å²) >= 11 is 0. The third-order valence-corrected chi connectivity index (χ3v) is 2.59. The number of aromatic nitrogens is 2. The molecule has 1 aromatic carbocycles. The molecule has 4 nitrogen and oxygen atoms in total. The number of aryl methyl sites for hydroxylation is 1. The number of benzene rings is 1. The first-order valence-corrected chi connectivity index (χ1v) is 5.50. The molecule has 0 atom stereocenters. The molecule has 0 amide bonds. The van der Waals surface area contributed by atoms with Gasteiger partial charge in [0.05, 0.1) is 11.0 Å². The molecule has 1 heterocycles. The van der Waals surface area contributed by atoms with Gasteiger partial charge < -0.3 is 9.47 Å². The fourth-order valence-corrected chi connectivity index (χ4v) is 1.68. The molecule has 0 saturated heterocycles. The second kappa shape index (κ2) is 4.60. The van der Waals surface area contributed by atoms with E-state index in [1.165, 1.54) is 18.2 Å². The molecule has 18 heavy (non-hydrogen) atoms. The minimum atomic E-state index is -0.358. The summed E-state index contributed by atoms with van der Waals surface area (Å²) in [5.74, 6) is -0.264. The largest absolute Gasteiger partial charge is 0.383 e. The van der Waals surface area contributed by atoms with Gasteiger partial charge in [0.2, 0.25) is 5.78 Å². The summed E-state index contributed by atoms with van der Waals surface area (Å²) in [5, 5.41) is 0. The predicted molar refractivity (Wildman–Crippen MR) is 67.8 cm³/mol. The van der Waals surface area contributed by atoms with E-state index in [1.807, 2.05) is 14.1 Å². The van der Waals surface area contributed by atoms with E-state index in [0.717, 1.165) is 5.52 Å². The minimum Gasteiger partial charge on any atom is -0.383 e. The molecule has 0 saturated carbocycles. The molecule has 0 aliphatic carbocycles. The maximum absolute atomic E-state index is 13.1. The lowest BCUT2D eigenvalue weighted by Crippen LogP contribution is -2.07. The van der Waals surface area contributed by atoms with Gasteiger partial charge in [0.15, 0.2) is 5.82 Å². The molecule has 0 N–H and O–H groups in total. The molecule has 2 rings (SSSR count). The molecule has 5 heteroatoms. The van der Waals surface area contributed by atoms with Crippen molar-refractivity contribution < 1.29 is 9.18 Å². The van der Waals surface area contributed by atoms with Crippen LogP contribution in [0.25, 0.3) is 11.0 Å². The fourth-order valence-electron chi connectivity index (χ4n) is 1.68. The maximum atomic E-state index is 13.1. The molecule has 0 fully saturated rings. The number of fused-ring (bicyclic) bond motifs is 1. The summed E-state index contributed by atoms with van der Waals surface area (Å²) in [6.45, 7) is 0. The van der Waals surface area contributed by atoms with E-state index in [4.69, 9.17) is 0 Å². The summed E-state index contributed by atoms with van der Waals surface area (Å²) in [5.41, 5.74) is 1.22. The Kier molecular flexibility index (Phi) is 3.14. The zero-order valence-corrected chi connectivity index (χ0v) is 10.5. The summed E-state index contributed by atoms with van der Waals surface area (Å²) in [7, 11) is 5.39. The lowest BCUT2D eigenvalue weighted by Gasteiger charge is -2.02. The van der Waals surface area contributed by atoms with E-state index < -0.39 is 0 Å². The van der Waals surface area contributed by atoms with Crippen molar-refractivity contribution in [3.8, 4) is 0 Å². The first-order valence-electron chi connectivity index (χ1n) is 5.50. The Morgan fingerprint density at radius 2 is 2.17 bits per heavy atom. The van der Waals surface area contributed by atoms with Crippen LogP contribution < -0.4 is 0 Å². The minimum absolute atomic E-state index is 0.206. The van der Waals surface area contributed by atoms with E-state index >= 15 is 0 Å². The summed E-state index contributed by atoms with van der Waals surface area (Å²) in [6.07, 6.45) is 3.10. The number of carbonyl (C=O) groups excluding carboxylic acids is 1. The molecule has 0 bridgehead atoms. The molecular weight excluding hydrogens is 233 g/mol. The van der Waals surface area contributed by atoms with Crippen molar-refractivity contribution in [2.45, 2.75) is 0 Å². The van der Waals surface area contributed by atoms with Gasteiger partial charge in [0.25, 0.3) is 0 Å². The molecule has 1 aromatic heterocycles. The lowest BCUT2D eigenvalue weighted by molar-refractivity contribution is 0.103. The van der Waals surface area contributed by atoms with Crippen LogP contribution in [0.5, 0.6) is 0 Å². The number of rotatable bonds is 3. The highest BCUT2D eigenvalue weighted by Crippen LogP contribution is 2.16. The monoisotopic (exact) mass is 247 g/mol. The summed E-state index contributed by atoms with van der Waals surface area (Å²) in [4.78, 5) is 17.9. The third-order valence-electron chi connectivity index (χ3n) is 2.59. The zero-order chi connectivity index (χ0) is 13.3. The number of carbonyl (C=O) groups is 1. The van der Waals surface area contributed by atoms with Gasteiger partial charge in [0.1, 0.15) is 5.82 Å². The normalized spacial score (nSPS) is 11.3. The van der Waals surface area contributed by atoms with Crippen molar-refractivity contribution in [3.05, 3.63) is 42.1 Å². The van der Waals surface area contributed by atoms with E-state index in [-0.39, 0.29) is 11.6 Å². The number of hydrogen-bond donors (Lipinski definition) is 0. The van der Waals surface area contributed by atoms with Crippen molar-refractivity contribution in [1.29, 1.82) is 0 Å². The Hall–Kier alpha value is -2.17. The number of nitrogens with zero attached hydrogens (tertiary/aromatic N) is 3. The average Bonchev–Trinajstić information content (AvgIpc) is 2.63. The second-order valence-electron chi connectivity index (χ2n) is 4.27. The average molecular weight is 247 g/mol. The van der Waals surface area contributed by atoms with Gasteiger partial charge in [0, 0.05) is 39.5 Å². The van der Waals surface area contributed by atoms with E-state index in [2.05, 4.69) is 4.98 Å². The highest BCUT2D eigenvalue weighted by molar-refractivity contribution is 6.03. The number of imidazole rings is 1. The number of ketones is 1. The predicted octanol–water partition coefficient (Wildman–Crippen LogP) is 1.97. The molecule has 0 aliphatic rings. The molecule has 2 aromatic rings. The summed E-state index contributed by atoms with van der Waals surface area (Å²) in [6, 6.07) is 4.29. The Morgan fingerprint density at radius 1 is 1.44 bits per heavy atom. The Balaban J connectivity index is 2.46. The van der Waals surface area contributed by atoms with Crippen molar-refractivity contribution in [3.63, 3.8) is 0 Å². The highest BCUT2D eigenvalue weighted by Gasteiger charge is 2.13. The van der Waals surface area contributed by atoms with Crippen LogP contribution in [-0.4, -0.2) is 34.3 Å². The van der Waals surface area contributed by atoms with Gasteiger partial charge in [-0.1, -0.05) is 0 Å².